The zero-order valence-electron chi connectivity index (χ0n) is 3.05. The molecule has 0 unspecified atom stereocenters. The van der Waals surface area contributed by atoms with Crippen LogP contribution in [0.4, 0.5) is 25.2 Å². The van der Waals surface area contributed by atoms with Crippen LogP contribution in [0.1, 0.15) is 0 Å². The second kappa shape index (κ2) is 1.39. The summed E-state index contributed by atoms with van der Waals surface area (Å²) in [6.07, 6.45) is 0. The van der Waals surface area contributed by atoms with E-state index in [4.69, 9.17) is 0 Å². The molecule has 0 aromatic heterocycles. The van der Waals surface area contributed by atoms with Gasteiger partial charge in [0.1, 0.15) is 0 Å². The maximum atomic E-state index is 9.87. The van der Waals surface area contributed by atoms with Gasteiger partial charge in [-0.1, -0.05) is 0 Å². The van der Waals surface area contributed by atoms with Gasteiger partial charge in [-0.25, -0.2) is 0 Å². The average molecular weight is 337 g/mol. The molecule has 0 atom stereocenters. The van der Waals surface area contributed by atoms with Crippen LogP contribution in [-0.2, 0) is 20.1 Å². The van der Waals surface area contributed by atoms with Gasteiger partial charge in [0.15, 0.2) is 0 Å². The fourth-order valence-electron chi connectivity index (χ4n) is 0. The van der Waals surface area contributed by atoms with Crippen LogP contribution in [0.25, 0.3) is 0 Å². The Morgan fingerprint density at radius 1 is 0.625 bits per heavy atom. The van der Waals surface area contributed by atoms with Gasteiger partial charge in [0.05, 0.1) is 0 Å². The van der Waals surface area contributed by atoms with Crippen molar-refractivity contribution in [3.63, 3.8) is 0 Å². The summed E-state index contributed by atoms with van der Waals surface area (Å²) in [7, 11) is -10.7. The van der Waals surface area contributed by atoms with Gasteiger partial charge in [-0.15, -0.1) is 0 Å². The zero-order chi connectivity index (χ0) is 6.41. The number of hydrogen-bond donors (Lipinski definition) is 0. The van der Waals surface area contributed by atoms with Gasteiger partial charge in [0.25, 0.3) is 0 Å². The Labute approximate surface area is 53.8 Å². The van der Waals surface area contributed by atoms with Gasteiger partial charge < -0.3 is 0 Å². The molecule has 0 amide bonds. The zero-order valence-corrected chi connectivity index (χ0v) is 6.34. The van der Waals surface area contributed by atoms with E-state index in [0.717, 1.165) is 0 Å². The first-order chi connectivity index (χ1) is 2.45. The number of hydrogen-bond acceptors (Lipinski definition) is 0. The molecule has 8 heavy (non-hydrogen) atoms. The summed E-state index contributed by atoms with van der Waals surface area (Å²) in [5.41, 5.74) is 0. The molecule has 0 fully saturated rings. The Morgan fingerprint density at radius 2 is 0.625 bits per heavy atom. The molecular formula is F6IrP-. The molecule has 0 aromatic carbocycles. The third-order valence-electron chi connectivity index (χ3n) is 0. The van der Waals surface area contributed by atoms with E-state index in [1.165, 1.54) is 0 Å². The van der Waals surface area contributed by atoms with E-state index in [-0.39, 0.29) is 20.1 Å². The van der Waals surface area contributed by atoms with Gasteiger partial charge in [0, 0.05) is 20.1 Å². The molecule has 0 rings (SSSR count). The molecule has 1 radical (unpaired) electrons. The minimum atomic E-state index is -10.7. The molecule has 0 aliphatic carbocycles. The Hall–Kier alpha value is 0.659. The van der Waals surface area contributed by atoms with E-state index in [1.54, 1.807) is 0 Å². The molecule has 8 heteroatoms. The summed E-state index contributed by atoms with van der Waals surface area (Å²) in [6, 6.07) is 0. The summed E-state index contributed by atoms with van der Waals surface area (Å²) in [5.74, 6) is 0. The third-order valence-corrected chi connectivity index (χ3v) is 0. The molecular weight excluding hydrogens is 337 g/mol. The predicted molar refractivity (Wildman–Crippen MR) is 13.6 cm³/mol. The van der Waals surface area contributed by atoms with Crippen LogP contribution in [0.3, 0.4) is 0 Å². The molecule has 0 aromatic rings. The summed E-state index contributed by atoms with van der Waals surface area (Å²) in [6.45, 7) is 0. The fraction of sp³-hybridized carbons (Fsp3) is 0. The first kappa shape index (κ1) is 11.5. The van der Waals surface area contributed by atoms with Crippen LogP contribution in [0.5, 0.6) is 0 Å². The maximum absolute atomic E-state index is 10.7. The quantitative estimate of drug-likeness (QED) is 0.470. The first-order valence-corrected chi connectivity index (χ1v) is 3.04. The van der Waals surface area contributed by atoms with Crippen LogP contribution in [0, 0.1) is 0 Å². The fourth-order valence-corrected chi connectivity index (χ4v) is 0. The molecule has 0 aliphatic rings. The van der Waals surface area contributed by atoms with Crippen LogP contribution >= 0.6 is 7.81 Å². The van der Waals surface area contributed by atoms with Crippen LogP contribution < -0.4 is 0 Å². The minimum absolute atomic E-state index is 0. The number of halogens is 6. The van der Waals surface area contributed by atoms with Gasteiger partial charge in [-0.05, 0) is 0 Å². The summed E-state index contributed by atoms with van der Waals surface area (Å²) in [4.78, 5) is 0. The topological polar surface area (TPSA) is 0 Å². The van der Waals surface area contributed by atoms with Crippen molar-refractivity contribution in [2.45, 2.75) is 0 Å². The number of rotatable bonds is 0. The van der Waals surface area contributed by atoms with Crippen molar-refractivity contribution in [1.29, 1.82) is 0 Å². The second-order valence-corrected chi connectivity index (χ2v) is 2.87. The Kier molecular flexibility index (Phi) is 1.98. The molecule has 57 valence electrons. The van der Waals surface area contributed by atoms with E-state index in [0.29, 0.717) is 0 Å². The molecule has 0 bridgehead atoms. The van der Waals surface area contributed by atoms with Crippen molar-refractivity contribution in [3.05, 3.63) is 0 Å². The van der Waals surface area contributed by atoms with Gasteiger partial charge in [0.2, 0.25) is 0 Å². The molecule has 0 saturated carbocycles. The van der Waals surface area contributed by atoms with E-state index in [2.05, 4.69) is 0 Å². The Balaban J connectivity index is 0. The van der Waals surface area contributed by atoms with Crippen molar-refractivity contribution < 1.29 is 45.3 Å². The monoisotopic (exact) mass is 338 g/mol. The van der Waals surface area contributed by atoms with Crippen LogP contribution in [-0.4, -0.2) is 0 Å². The predicted octanol–water partition coefficient (Wildman–Crippen LogP) is 3.38. The van der Waals surface area contributed by atoms with Crippen molar-refractivity contribution in [2.24, 2.45) is 0 Å². The molecule has 0 saturated heterocycles. The van der Waals surface area contributed by atoms with E-state index in [1.807, 2.05) is 0 Å². The normalized spacial score (nSPS) is 20.2. The van der Waals surface area contributed by atoms with Crippen molar-refractivity contribution >= 4 is 7.81 Å². The SMILES string of the molecule is F[P-](F)(F)(F)(F)F.[Ir]. The van der Waals surface area contributed by atoms with Gasteiger partial charge in [-0.3, -0.25) is 0 Å². The van der Waals surface area contributed by atoms with Crippen molar-refractivity contribution in [2.75, 3.05) is 0 Å². The Bertz CT molecular complexity index is 67.1. The van der Waals surface area contributed by atoms with Crippen LogP contribution in [0.15, 0.2) is 0 Å². The summed E-state index contributed by atoms with van der Waals surface area (Å²) < 4.78 is 59.2. The molecule has 0 heterocycles. The minimum Gasteiger partial charge on any atom is 0 e. The van der Waals surface area contributed by atoms with Gasteiger partial charge in [-0.2, -0.15) is 0 Å². The second-order valence-electron chi connectivity index (χ2n) is 0.958. The molecule has 0 aliphatic heterocycles. The molecule has 0 N–H and O–H groups in total. The largest absolute Gasteiger partial charge is 0 e. The van der Waals surface area contributed by atoms with Crippen LogP contribution in [0.2, 0.25) is 0 Å². The standard InChI is InChI=1S/F6P.Ir/c1-7(2,3,4,5)6;/q-1;. The van der Waals surface area contributed by atoms with Crippen molar-refractivity contribution in [3.8, 4) is 0 Å². The first-order valence-electron chi connectivity index (χ1n) is 1.01. The molecule has 0 nitrogen and oxygen atoms in total. The summed E-state index contributed by atoms with van der Waals surface area (Å²) in [5, 5.41) is 0. The van der Waals surface area contributed by atoms with E-state index >= 15 is 0 Å². The Morgan fingerprint density at radius 3 is 0.625 bits per heavy atom. The van der Waals surface area contributed by atoms with E-state index < -0.39 is 7.81 Å². The van der Waals surface area contributed by atoms with Crippen molar-refractivity contribution in [1.82, 2.24) is 0 Å². The third kappa shape index (κ3) is 491. The van der Waals surface area contributed by atoms with Gasteiger partial charge >= 0.3 is 33.0 Å². The smallest absolute Gasteiger partial charge is 0 e. The maximum Gasteiger partial charge on any atom is 0 e. The molecule has 0 spiro atoms. The summed E-state index contributed by atoms with van der Waals surface area (Å²) >= 11 is 0. The van der Waals surface area contributed by atoms with E-state index in [9.17, 15) is 25.2 Å². The average Bonchev–Trinajstić information content (AvgIpc) is 0.592.